The van der Waals surface area contributed by atoms with E-state index in [0.717, 1.165) is 6.42 Å². The number of halogens is 1. The molecule has 0 aromatic heterocycles. The lowest BCUT2D eigenvalue weighted by Gasteiger charge is -2.10. The number of hydrogen-bond donors (Lipinski definition) is 1. The Labute approximate surface area is 88.9 Å². The summed E-state index contributed by atoms with van der Waals surface area (Å²) in [6.45, 7) is 4.27. The van der Waals surface area contributed by atoms with E-state index in [0.29, 0.717) is 22.3 Å². The molecule has 1 aromatic rings. The third kappa shape index (κ3) is 2.91. The number of hydrogen-bond acceptors (Lipinski definition) is 2. The van der Waals surface area contributed by atoms with Crippen LogP contribution in [-0.4, -0.2) is 5.25 Å². The number of rotatable bonds is 4. The first-order chi connectivity index (χ1) is 6.65. The molecule has 1 atom stereocenters. The molecule has 0 bridgehead atoms. The summed E-state index contributed by atoms with van der Waals surface area (Å²) in [5.41, 5.74) is 6.89. The van der Waals surface area contributed by atoms with Crippen molar-refractivity contribution in [1.29, 1.82) is 0 Å². The molecule has 78 valence electrons. The van der Waals surface area contributed by atoms with Crippen LogP contribution in [0.25, 0.3) is 0 Å². The van der Waals surface area contributed by atoms with Crippen molar-refractivity contribution in [3.63, 3.8) is 0 Å². The molecule has 1 aromatic carbocycles. The Morgan fingerprint density at radius 2 is 2.21 bits per heavy atom. The van der Waals surface area contributed by atoms with Gasteiger partial charge >= 0.3 is 0 Å². The zero-order valence-electron chi connectivity index (χ0n) is 8.59. The molecule has 0 saturated carbocycles. The fourth-order valence-electron chi connectivity index (χ4n) is 1.07. The summed E-state index contributed by atoms with van der Waals surface area (Å²) in [5, 5.41) is 0.550. The van der Waals surface area contributed by atoms with Crippen LogP contribution in [0.15, 0.2) is 18.2 Å². The molecule has 0 radical (unpaired) electrons. The lowest BCUT2D eigenvalue weighted by Crippen LogP contribution is -1.99. The molecule has 0 aliphatic heterocycles. The molecule has 0 aliphatic carbocycles. The Balaban J connectivity index is 2.66. The van der Waals surface area contributed by atoms with Gasteiger partial charge in [0.2, 0.25) is 0 Å². The fraction of sp³-hybridized carbons (Fsp3) is 0.455. The van der Waals surface area contributed by atoms with Crippen molar-refractivity contribution in [2.45, 2.75) is 31.3 Å². The van der Waals surface area contributed by atoms with E-state index in [1.54, 1.807) is 23.9 Å². The zero-order chi connectivity index (χ0) is 10.6. The first-order valence-corrected chi connectivity index (χ1v) is 5.84. The van der Waals surface area contributed by atoms with Crippen LogP contribution in [0.1, 0.15) is 25.8 Å². The van der Waals surface area contributed by atoms with E-state index in [2.05, 4.69) is 13.8 Å². The Morgan fingerprint density at radius 1 is 1.50 bits per heavy atom. The number of anilines is 1. The lowest BCUT2D eigenvalue weighted by molar-refractivity contribution is 0.618. The summed E-state index contributed by atoms with van der Waals surface area (Å²) in [7, 11) is 0. The van der Waals surface area contributed by atoms with Crippen LogP contribution < -0.4 is 5.73 Å². The minimum Gasteiger partial charge on any atom is -0.398 e. The molecule has 0 amide bonds. The molecule has 0 heterocycles. The van der Waals surface area contributed by atoms with Crippen LogP contribution in [0.2, 0.25) is 0 Å². The third-order valence-electron chi connectivity index (χ3n) is 2.24. The molecule has 0 spiro atoms. The number of benzene rings is 1. The Kier molecular flexibility index (Phi) is 4.26. The van der Waals surface area contributed by atoms with E-state index in [9.17, 15) is 4.39 Å². The van der Waals surface area contributed by atoms with Crippen LogP contribution in [0, 0.1) is 5.82 Å². The van der Waals surface area contributed by atoms with Gasteiger partial charge in [0.25, 0.3) is 0 Å². The first-order valence-electron chi connectivity index (χ1n) is 4.79. The molecule has 0 fully saturated rings. The number of thioether (sulfide) groups is 1. The van der Waals surface area contributed by atoms with Gasteiger partial charge in [-0.15, -0.1) is 0 Å². The van der Waals surface area contributed by atoms with Crippen molar-refractivity contribution >= 4 is 17.4 Å². The quantitative estimate of drug-likeness (QED) is 0.775. The highest BCUT2D eigenvalue weighted by molar-refractivity contribution is 7.99. The maximum absolute atomic E-state index is 13.3. The summed E-state index contributed by atoms with van der Waals surface area (Å²) in [5.74, 6) is 0.467. The molecular weight excluding hydrogens is 197 g/mol. The van der Waals surface area contributed by atoms with Crippen LogP contribution in [0.4, 0.5) is 10.1 Å². The predicted molar refractivity (Wildman–Crippen MR) is 61.9 cm³/mol. The predicted octanol–water partition coefficient (Wildman–Crippen LogP) is 3.44. The van der Waals surface area contributed by atoms with E-state index >= 15 is 0 Å². The van der Waals surface area contributed by atoms with Gasteiger partial charge in [-0.05, 0) is 18.6 Å². The van der Waals surface area contributed by atoms with Crippen LogP contribution >= 0.6 is 11.8 Å². The van der Waals surface area contributed by atoms with Gasteiger partial charge in [-0.3, -0.25) is 0 Å². The molecule has 3 heteroatoms. The summed E-state index contributed by atoms with van der Waals surface area (Å²) in [6.07, 6.45) is 1.10. The Morgan fingerprint density at radius 3 is 2.79 bits per heavy atom. The minimum absolute atomic E-state index is 0.194. The molecule has 1 unspecified atom stereocenters. The molecule has 2 N–H and O–H groups in total. The largest absolute Gasteiger partial charge is 0.398 e. The van der Waals surface area contributed by atoms with Gasteiger partial charge in [0.15, 0.2) is 0 Å². The maximum atomic E-state index is 13.3. The fourth-order valence-corrected chi connectivity index (χ4v) is 2.06. The van der Waals surface area contributed by atoms with E-state index < -0.39 is 0 Å². The molecule has 0 aliphatic rings. The van der Waals surface area contributed by atoms with E-state index in [1.165, 1.54) is 6.07 Å². The first kappa shape index (κ1) is 11.4. The van der Waals surface area contributed by atoms with Crippen molar-refractivity contribution in [2.24, 2.45) is 0 Å². The standard InChI is InChI=1S/C11H16FNS/c1-3-8(2)14-7-9-10(12)5-4-6-11(9)13/h4-6,8H,3,7,13H2,1-2H3. The SMILES string of the molecule is CCC(C)SCc1c(N)cccc1F. The van der Waals surface area contributed by atoms with E-state index in [-0.39, 0.29) is 5.82 Å². The third-order valence-corrected chi connectivity index (χ3v) is 3.60. The highest BCUT2D eigenvalue weighted by Gasteiger charge is 2.07. The summed E-state index contributed by atoms with van der Waals surface area (Å²) in [4.78, 5) is 0. The highest BCUT2D eigenvalue weighted by atomic mass is 32.2. The van der Waals surface area contributed by atoms with Crippen LogP contribution in [0.3, 0.4) is 0 Å². The summed E-state index contributed by atoms with van der Waals surface area (Å²) in [6, 6.07) is 4.85. The topological polar surface area (TPSA) is 26.0 Å². The van der Waals surface area contributed by atoms with Gasteiger partial charge in [0, 0.05) is 22.3 Å². The Bertz CT molecular complexity index is 281. The second-order valence-corrected chi connectivity index (χ2v) is 4.76. The van der Waals surface area contributed by atoms with E-state index in [1.807, 2.05) is 0 Å². The second kappa shape index (κ2) is 5.25. The van der Waals surface area contributed by atoms with Crippen molar-refractivity contribution < 1.29 is 4.39 Å². The average Bonchev–Trinajstić information content (AvgIpc) is 2.16. The second-order valence-electron chi connectivity index (χ2n) is 3.34. The zero-order valence-corrected chi connectivity index (χ0v) is 9.40. The van der Waals surface area contributed by atoms with Crippen molar-refractivity contribution in [3.05, 3.63) is 29.6 Å². The van der Waals surface area contributed by atoms with Crippen LogP contribution in [-0.2, 0) is 5.75 Å². The molecule has 0 saturated heterocycles. The van der Waals surface area contributed by atoms with Gasteiger partial charge in [0.05, 0.1) is 0 Å². The van der Waals surface area contributed by atoms with E-state index in [4.69, 9.17) is 5.73 Å². The minimum atomic E-state index is -0.194. The van der Waals surface area contributed by atoms with Crippen molar-refractivity contribution in [1.82, 2.24) is 0 Å². The molecule has 14 heavy (non-hydrogen) atoms. The average molecular weight is 213 g/mol. The van der Waals surface area contributed by atoms with Crippen molar-refractivity contribution in [3.8, 4) is 0 Å². The van der Waals surface area contributed by atoms with Gasteiger partial charge in [0.1, 0.15) is 5.82 Å². The Hall–Kier alpha value is -0.700. The van der Waals surface area contributed by atoms with Gasteiger partial charge in [-0.2, -0.15) is 11.8 Å². The van der Waals surface area contributed by atoms with Crippen molar-refractivity contribution in [2.75, 3.05) is 5.73 Å². The highest BCUT2D eigenvalue weighted by Crippen LogP contribution is 2.25. The summed E-state index contributed by atoms with van der Waals surface area (Å²) < 4.78 is 13.3. The van der Waals surface area contributed by atoms with Gasteiger partial charge in [-0.1, -0.05) is 19.9 Å². The summed E-state index contributed by atoms with van der Waals surface area (Å²) >= 11 is 1.74. The smallest absolute Gasteiger partial charge is 0.129 e. The lowest BCUT2D eigenvalue weighted by atomic mass is 10.2. The number of nitrogen functional groups attached to an aromatic ring is 1. The molecular formula is C11H16FNS. The number of nitrogens with two attached hydrogens (primary N) is 1. The molecule has 1 rings (SSSR count). The van der Waals surface area contributed by atoms with Gasteiger partial charge in [-0.25, -0.2) is 4.39 Å². The molecule has 1 nitrogen and oxygen atoms in total. The van der Waals surface area contributed by atoms with Crippen LogP contribution in [0.5, 0.6) is 0 Å². The monoisotopic (exact) mass is 213 g/mol. The maximum Gasteiger partial charge on any atom is 0.129 e. The van der Waals surface area contributed by atoms with Gasteiger partial charge < -0.3 is 5.73 Å². The normalized spacial score (nSPS) is 12.8.